The molecule has 128 valence electrons. The van der Waals surface area contributed by atoms with E-state index in [0.29, 0.717) is 12.2 Å². The van der Waals surface area contributed by atoms with Gasteiger partial charge in [-0.1, -0.05) is 13.0 Å². The monoisotopic (exact) mass is 327 g/mol. The lowest BCUT2D eigenvalue weighted by Gasteiger charge is -2.30. The van der Waals surface area contributed by atoms with Gasteiger partial charge in [0, 0.05) is 17.9 Å². The molecule has 0 aliphatic carbocycles. The van der Waals surface area contributed by atoms with Crippen LogP contribution < -0.4 is 5.32 Å². The Morgan fingerprint density at radius 3 is 3.00 bits per heavy atom. The Kier molecular flexibility index (Phi) is 5.59. The fourth-order valence-electron chi connectivity index (χ4n) is 3.14. The molecule has 2 aromatic rings. The average molecular weight is 327 g/mol. The number of amides is 1. The molecule has 1 aliphatic rings. The van der Waals surface area contributed by atoms with Gasteiger partial charge in [-0.15, -0.1) is 0 Å². The Morgan fingerprint density at radius 1 is 1.33 bits per heavy atom. The molecule has 1 amide bonds. The molecule has 6 heteroatoms. The maximum atomic E-state index is 13.1. The predicted octanol–water partition coefficient (Wildman–Crippen LogP) is 2.15. The molecule has 1 saturated heterocycles. The van der Waals surface area contributed by atoms with Crippen molar-refractivity contribution in [2.24, 2.45) is 0 Å². The summed E-state index contributed by atoms with van der Waals surface area (Å²) in [5, 5.41) is 10.6. The van der Waals surface area contributed by atoms with Crippen molar-refractivity contribution in [3.63, 3.8) is 0 Å². The zero-order chi connectivity index (χ0) is 16.8. The quantitative estimate of drug-likeness (QED) is 0.882. The molecule has 1 atom stereocenters. The summed E-state index contributed by atoms with van der Waals surface area (Å²) in [6, 6.07) is 7.91. The topological polar surface area (TPSA) is 73.9 Å². The van der Waals surface area contributed by atoms with Crippen molar-refractivity contribution < 1.29 is 4.79 Å². The largest absolute Gasteiger partial charge is 0.328 e. The summed E-state index contributed by atoms with van der Waals surface area (Å²) in [5.74, 6) is -0.0106. The molecule has 0 aromatic carbocycles. The molecule has 1 fully saturated rings. The number of carbonyl (C=O) groups excluding carboxylic acids is 1. The lowest BCUT2D eigenvalue weighted by atomic mass is 10.1. The van der Waals surface area contributed by atoms with Crippen molar-refractivity contribution in [3.05, 3.63) is 47.5 Å². The van der Waals surface area contributed by atoms with Crippen LogP contribution in [0.25, 0.3) is 0 Å². The van der Waals surface area contributed by atoms with Crippen molar-refractivity contribution in [1.29, 1.82) is 0 Å². The maximum absolute atomic E-state index is 13.1. The standard InChI is InChI=1S/C18H25N5O/c1-2-14-12-17(22-21-14)18(24)23(13-15-6-3-4-10-20-15)16-7-5-9-19-11-8-16/h3-4,6,10,12,16,19H,2,5,7-9,11,13H2,1H3,(H,21,22). The van der Waals surface area contributed by atoms with Crippen LogP contribution in [0.4, 0.5) is 0 Å². The lowest BCUT2D eigenvalue weighted by Crippen LogP contribution is -2.40. The Bertz CT molecular complexity index is 646. The van der Waals surface area contributed by atoms with Crippen LogP contribution in [0.1, 0.15) is 48.1 Å². The van der Waals surface area contributed by atoms with E-state index in [1.165, 1.54) is 0 Å². The molecule has 1 unspecified atom stereocenters. The summed E-state index contributed by atoms with van der Waals surface area (Å²) < 4.78 is 0. The summed E-state index contributed by atoms with van der Waals surface area (Å²) >= 11 is 0. The summed E-state index contributed by atoms with van der Waals surface area (Å²) in [5.41, 5.74) is 2.40. The molecule has 0 bridgehead atoms. The van der Waals surface area contributed by atoms with Gasteiger partial charge in [0.05, 0.1) is 12.2 Å². The highest BCUT2D eigenvalue weighted by atomic mass is 16.2. The number of pyridine rings is 1. The molecule has 0 saturated carbocycles. The van der Waals surface area contributed by atoms with Crippen LogP contribution in [0.2, 0.25) is 0 Å². The highest BCUT2D eigenvalue weighted by molar-refractivity contribution is 5.92. The third kappa shape index (κ3) is 4.00. The molecule has 0 spiro atoms. The van der Waals surface area contributed by atoms with Crippen LogP contribution in [-0.2, 0) is 13.0 Å². The van der Waals surface area contributed by atoms with E-state index in [9.17, 15) is 4.79 Å². The minimum absolute atomic E-state index is 0.0106. The van der Waals surface area contributed by atoms with Gasteiger partial charge in [-0.2, -0.15) is 5.10 Å². The first-order valence-corrected chi connectivity index (χ1v) is 8.74. The van der Waals surface area contributed by atoms with Crippen LogP contribution in [0, 0.1) is 0 Å². The van der Waals surface area contributed by atoms with Gasteiger partial charge in [0.25, 0.3) is 5.91 Å². The molecule has 6 nitrogen and oxygen atoms in total. The number of nitrogens with one attached hydrogen (secondary N) is 2. The summed E-state index contributed by atoms with van der Waals surface area (Å²) in [6.45, 7) is 4.53. The molecule has 3 heterocycles. The van der Waals surface area contributed by atoms with E-state index in [1.807, 2.05) is 36.1 Å². The van der Waals surface area contributed by atoms with Gasteiger partial charge in [0.15, 0.2) is 0 Å². The normalized spacial score (nSPS) is 18.1. The summed E-state index contributed by atoms with van der Waals surface area (Å²) in [4.78, 5) is 19.4. The van der Waals surface area contributed by atoms with Crippen LogP contribution in [0.15, 0.2) is 30.5 Å². The van der Waals surface area contributed by atoms with Crippen LogP contribution in [-0.4, -0.2) is 45.1 Å². The summed E-state index contributed by atoms with van der Waals surface area (Å²) in [6.07, 6.45) is 5.67. The first kappa shape index (κ1) is 16.6. The number of hydrogen-bond donors (Lipinski definition) is 2. The molecule has 2 N–H and O–H groups in total. The Morgan fingerprint density at radius 2 is 2.25 bits per heavy atom. The van der Waals surface area contributed by atoms with Crippen molar-refractivity contribution in [3.8, 4) is 0 Å². The number of nitrogens with zero attached hydrogens (tertiary/aromatic N) is 3. The number of H-pyrrole nitrogens is 1. The van der Waals surface area contributed by atoms with Crippen molar-refractivity contribution in [2.45, 2.75) is 45.2 Å². The number of hydrogen-bond acceptors (Lipinski definition) is 4. The average Bonchev–Trinajstić information content (AvgIpc) is 2.95. The van der Waals surface area contributed by atoms with E-state index in [0.717, 1.165) is 50.2 Å². The minimum atomic E-state index is -0.0106. The first-order chi connectivity index (χ1) is 11.8. The van der Waals surface area contributed by atoms with E-state index in [4.69, 9.17) is 0 Å². The Balaban J connectivity index is 1.83. The third-order valence-electron chi connectivity index (χ3n) is 4.54. The molecule has 1 aliphatic heterocycles. The van der Waals surface area contributed by atoms with Gasteiger partial charge < -0.3 is 10.2 Å². The fourth-order valence-corrected chi connectivity index (χ4v) is 3.14. The highest BCUT2D eigenvalue weighted by Gasteiger charge is 2.27. The van der Waals surface area contributed by atoms with E-state index in [2.05, 4.69) is 20.5 Å². The maximum Gasteiger partial charge on any atom is 0.274 e. The number of aromatic amines is 1. The second-order valence-electron chi connectivity index (χ2n) is 6.22. The summed E-state index contributed by atoms with van der Waals surface area (Å²) in [7, 11) is 0. The van der Waals surface area contributed by atoms with Crippen LogP contribution in [0.5, 0.6) is 0 Å². The van der Waals surface area contributed by atoms with Gasteiger partial charge in [0.2, 0.25) is 0 Å². The third-order valence-corrected chi connectivity index (χ3v) is 4.54. The van der Waals surface area contributed by atoms with Gasteiger partial charge in [-0.05, 0) is 57.0 Å². The predicted molar refractivity (Wildman–Crippen MR) is 92.6 cm³/mol. The Labute approximate surface area is 142 Å². The number of carbonyl (C=O) groups is 1. The molecule has 2 aromatic heterocycles. The van der Waals surface area contributed by atoms with E-state index in [-0.39, 0.29) is 11.9 Å². The second kappa shape index (κ2) is 8.06. The lowest BCUT2D eigenvalue weighted by molar-refractivity contribution is 0.0636. The van der Waals surface area contributed by atoms with Crippen molar-refractivity contribution in [2.75, 3.05) is 13.1 Å². The first-order valence-electron chi connectivity index (χ1n) is 8.74. The van der Waals surface area contributed by atoms with E-state index in [1.54, 1.807) is 6.20 Å². The zero-order valence-corrected chi connectivity index (χ0v) is 14.2. The minimum Gasteiger partial charge on any atom is -0.328 e. The molecule has 3 rings (SSSR count). The van der Waals surface area contributed by atoms with Gasteiger partial charge >= 0.3 is 0 Å². The van der Waals surface area contributed by atoms with Gasteiger partial charge in [0.1, 0.15) is 5.69 Å². The van der Waals surface area contributed by atoms with Crippen LogP contribution in [0.3, 0.4) is 0 Å². The molecule has 0 radical (unpaired) electrons. The molecular weight excluding hydrogens is 302 g/mol. The van der Waals surface area contributed by atoms with Crippen molar-refractivity contribution >= 4 is 5.91 Å². The van der Waals surface area contributed by atoms with Gasteiger partial charge in [-0.3, -0.25) is 14.9 Å². The number of aromatic nitrogens is 3. The highest BCUT2D eigenvalue weighted by Crippen LogP contribution is 2.19. The number of rotatable bonds is 5. The molecule has 24 heavy (non-hydrogen) atoms. The van der Waals surface area contributed by atoms with Gasteiger partial charge in [-0.25, -0.2) is 0 Å². The number of aryl methyl sites for hydroxylation is 1. The molecular formula is C18H25N5O. The second-order valence-corrected chi connectivity index (χ2v) is 6.22. The van der Waals surface area contributed by atoms with E-state index < -0.39 is 0 Å². The zero-order valence-electron chi connectivity index (χ0n) is 14.2. The van der Waals surface area contributed by atoms with E-state index >= 15 is 0 Å². The Hall–Kier alpha value is -2.21. The SMILES string of the molecule is CCc1cc(C(=O)N(Cc2ccccn2)C2CCCNCC2)n[nH]1. The smallest absolute Gasteiger partial charge is 0.274 e. The van der Waals surface area contributed by atoms with Crippen LogP contribution >= 0.6 is 0 Å². The fraction of sp³-hybridized carbons (Fsp3) is 0.500. The van der Waals surface area contributed by atoms with Crippen molar-refractivity contribution in [1.82, 2.24) is 25.4 Å².